The third-order valence-corrected chi connectivity index (χ3v) is 3.77. The van der Waals surface area contributed by atoms with Crippen LogP contribution in [0.4, 0.5) is 5.69 Å². The molecular formula is C14H17ClN2O3S. The Morgan fingerprint density at radius 1 is 1.38 bits per heavy atom. The molecule has 0 fully saturated rings. The van der Waals surface area contributed by atoms with E-state index < -0.39 is 6.04 Å². The number of hydrogen-bond donors (Lipinski definition) is 2. The van der Waals surface area contributed by atoms with Crippen molar-refractivity contribution in [2.45, 2.75) is 19.9 Å². The number of fused-ring (bicyclic) bond motifs is 1. The second-order valence-corrected chi connectivity index (χ2v) is 5.45. The minimum Gasteiger partial charge on any atom is -0.462 e. The highest BCUT2D eigenvalue weighted by Crippen LogP contribution is 2.28. The third-order valence-electron chi connectivity index (χ3n) is 2.67. The predicted octanol–water partition coefficient (Wildman–Crippen LogP) is 2.79. The van der Waals surface area contributed by atoms with E-state index in [4.69, 9.17) is 10.5 Å². The van der Waals surface area contributed by atoms with Gasteiger partial charge in [-0.2, -0.15) is 0 Å². The Kier molecular flexibility index (Phi) is 6.14. The predicted molar refractivity (Wildman–Crippen MR) is 87.3 cm³/mol. The molecule has 0 spiro atoms. The number of halogens is 1. The summed E-state index contributed by atoms with van der Waals surface area (Å²) >= 11 is 1.37. The Labute approximate surface area is 132 Å². The lowest BCUT2D eigenvalue weighted by Crippen LogP contribution is -2.32. The van der Waals surface area contributed by atoms with Crippen LogP contribution in [0.15, 0.2) is 24.3 Å². The molecule has 1 aromatic carbocycles. The summed E-state index contributed by atoms with van der Waals surface area (Å²) in [6, 6.07) is 6.66. The highest BCUT2D eigenvalue weighted by atomic mass is 35.5. The average molecular weight is 329 g/mol. The molecule has 0 saturated carbocycles. The van der Waals surface area contributed by atoms with Gasteiger partial charge in [-0.3, -0.25) is 4.79 Å². The van der Waals surface area contributed by atoms with Gasteiger partial charge in [-0.25, -0.2) is 4.79 Å². The molecule has 1 heterocycles. The summed E-state index contributed by atoms with van der Waals surface area (Å²) in [6.07, 6.45) is 0. The average Bonchev–Trinajstić information content (AvgIpc) is 2.82. The van der Waals surface area contributed by atoms with E-state index in [1.807, 2.05) is 12.1 Å². The standard InChI is InChI=1S/C14H16N2O3S.ClH/c1-3-19-14(18)12-7-9-6-10(4-5-11(9)20-12)16-13(17)8(2)15;/h4-8H,3,15H2,1-2H3,(H,16,17);1H. The molecule has 1 amide bonds. The monoisotopic (exact) mass is 328 g/mol. The van der Waals surface area contributed by atoms with E-state index in [0.29, 0.717) is 17.2 Å². The van der Waals surface area contributed by atoms with Crippen LogP contribution in [0, 0.1) is 0 Å². The summed E-state index contributed by atoms with van der Waals surface area (Å²) in [5.41, 5.74) is 6.16. The number of anilines is 1. The number of nitrogens with two attached hydrogens (primary N) is 1. The van der Waals surface area contributed by atoms with Gasteiger partial charge < -0.3 is 15.8 Å². The molecule has 21 heavy (non-hydrogen) atoms. The smallest absolute Gasteiger partial charge is 0.348 e. The number of nitrogens with one attached hydrogen (secondary N) is 1. The molecule has 0 aliphatic heterocycles. The van der Waals surface area contributed by atoms with Crippen molar-refractivity contribution in [3.05, 3.63) is 29.1 Å². The van der Waals surface area contributed by atoms with Crippen LogP contribution >= 0.6 is 23.7 Å². The third kappa shape index (κ3) is 4.17. The van der Waals surface area contributed by atoms with Crippen LogP contribution in [-0.4, -0.2) is 24.5 Å². The van der Waals surface area contributed by atoms with E-state index >= 15 is 0 Å². The van der Waals surface area contributed by atoms with Crippen LogP contribution in [0.3, 0.4) is 0 Å². The molecule has 1 unspecified atom stereocenters. The summed E-state index contributed by atoms with van der Waals surface area (Å²) in [6.45, 7) is 3.74. The van der Waals surface area contributed by atoms with Crippen molar-refractivity contribution < 1.29 is 14.3 Å². The summed E-state index contributed by atoms with van der Waals surface area (Å²) in [4.78, 5) is 23.8. The highest BCUT2D eigenvalue weighted by Gasteiger charge is 2.12. The Morgan fingerprint density at radius 2 is 2.10 bits per heavy atom. The molecule has 2 aromatic rings. The van der Waals surface area contributed by atoms with Crippen molar-refractivity contribution in [2.75, 3.05) is 11.9 Å². The number of amides is 1. The summed E-state index contributed by atoms with van der Waals surface area (Å²) < 4.78 is 5.93. The van der Waals surface area contributed by atoms with Crippen LogP contribution in [0.1, 0.15) is 23.5 Å². The minimum atomic E-state index is -0.566. The number of esters is 1. The van der Waals surface area contributed by atoms with Crippen LogP contribution in [0.5, 0.6) is 0 Å². The molecule has 114 valence electrons. The van der Waals surface area contributed by atoms with Crippen molar-refractivity contribution in [3.8, 4) is 0 Å². The van der Waals surface area contributed by atoms with Crippen molar-refractivity contribution in [2.24, 2.45) is 5.73 Å². The van der Waals surface area contributed by atoms with E-state index in [9.17, 15) is 9.59 Å². The zero-order chi connectivity index (χ0) is 14.7. The van der Waals surface area contributed by atoms with Gasteiger partial charge in [0, 0.05) is 10.4 Å². The normalized spacial score (nSPS) is 11.6. The van der Waals surface area contributed by atoms with E-state index in [2.05, 4.69) is 5.32 Å². The van der Waals surface area contributed by atoms with Gasteiger partial charge in [0.05, 0.1) is 12.6 Å². The van der Waals surface area contributed by atoms with Crippen molar-refractivity contribution >= 4 is 51.4 Å². The number of carbonyl (C=O) groups excluding carboxylic acids is 2. The first-order chi connectivity index (χ1) is 9.51. The minimum absolute atomic E-state index is 0. The Hall–Kier alpha value is -1.63. The van der Waals surface area contributed by atoms with Gasteiger partial charge in [-0.1, -0.05) is 0 Å². The molecule has 0 aliphatic carbocycles. The van der Waals surface area contributed by atoms with Crippen molar-refractivity contribution in [1.29, 1.82) is 0 Å². The molecule has 1 aromatic heterocycles. The van der Waals surface area contributed by atoms with E-state index in [0.717, 1.165) is 10.1 Å². The first-order valence-electron chi connectivity index (χ1n) is 6.28. The second kappa shape index (κ2) is 7.40. The number of ether oxygens (including phenoxy) is 1. The first-order valence-corrected chi connectivity index (χ1v) is 7.10. The SMILES string of the molecule is CCOC(=O)c1cc2cc(NC(=O)C(C)N)ccc2s1.Cl. The van der Waals surface area contributed by atoms with Gasteiger partial charge in [0.1, 0.15) is 4.88 Å². The summed E-state index contributed by atoms with van der Waals surface area (Å²) in [5.74, 6) is -0.569. The molecule has 7 heteroatoms. The second-order valence-electron chi connectivity index (χ2n) is 4.36. The van der Waals surface area contributed by atoms with Crippen molar-refractivity contribution in [3.63, 3.8) is 0 Å². The molecule has 3 N–H and O–H groups in total. The number of hydrogen-bond acceptors (Lipinski definition) is 5. The molecule has 0 radical (unpaired) electrons. The van der Waals surface area contributed by atoms with Gasteiger partial charge in [0.25, 0.3) is 0 Å². The zero-order valence-corrected chi connectivity index (χ0v) is 13.3. The van der Waals surface area contributed by atoms with Gasteiger partial charge in [0.15, 0.2) is 0 Å². The molecule has 0 aliphatic rings. The summed E-state index contributed by atoms with van der Waals surface area (Å²) in [7, 11) is 0. The molecule has 1 atom stereocenters. The molecule has 0 saturated heterocycles. The van der Waals surface area contributed by atoms with E-state index in [-0.39, 0.29) is 24.3 Å². The Balaban J connectivity index is 0.00000220. The number of benzene rings is 1. The lowest BCUT2D eigenvalue weighted by Gasteiger charge is -2.07. The van der Waals surface area contributed by atoms with Crippen LogP contribution in [0.2, 0.25) is 0 Å². The molecule has 5 nitrogen and oxygen atoms in total. The summed E-state index contributed by atoms with van der Waals surface area (Å²) in [5, 5.41) is 3.61. The lowest BCUT2D eigenvalue weighted by atomic mass is 10.2. The topological polar surface area (TPSA) is 81.4 Å². The highest BCUT2D eigenvalue weighted by molar-refractivity contribution is 7.20. The van der Waals surface area contributed by atoms with Crippen molar-refractivity contribution in [1.82, 2.24) is 0 Å². The maximum atomic E-state index is 11.7. The van der Waals surface area contributed by atoms with Gasteiger partial charge in [-0.15, -0.1) is 23.7 Å². The van der Waals surface area contributed by atoms with Crippen LogP contribution in [-0.2, 0) is 9.53 Å². The fourth-order valence-electron chi connectivity index (χ4n) is 1.68. The molecule has 2 rings (SSSR count). The van der Waals surface area contributed by atoms with Gasteiger partial charge in [-0.05, 0) is 43.5 Å². The number of rotatable bonds is 4. The first kappa shape index (κ1) is 17.4. The van der Waals surface area contributed by atoms with Gasteiger partial charge >= 0.3 is 5.97 Å². The number of carbonyl (C=O) groups is 2. The fraction of sp³-hybridized carbons (Fsp3) is 0.286. The molecular weight excluding hydrogens is 312 g/mol. The zero-order valence-electron chi connectivity index (χ0n) is 11.7. The fourth-order valence-corrected chi connectivity index (χ4v) is 2.62. The number of thiophene rings is 1. The van der Waals surface area contributed by atoms with E-state index in [1.54, 1.807) is 26.0 Å². The maximum Gasteiger partial charge on any atom is 0.348 e. The lowest BCUT2D eigenvalue weighted by molar-refractivity contribution is -0.117. The van der Waals surface area contributed by atoms with Gasteiger partial charge in [0.2, 0.25) is 5.91 Å². The Bertz CT molecular complexity index is 655. The van der Waals surface area contributed by atoms with Crippen LogP contribution in [0.25, 0.3) is 10.1 Å². The van der Waals surface area contributed by atoms with E-state index in [1.165, 1.54) is 11.3 Å². The maximum absolute atomic E-state index is 11.7. The molecule has 0 bridgehead atoms. The van der Waals surface area contributed by atoms with Crippen LogP contribution < -0.4 is 11.1 Å². The quantitative estimate of drug-likeness (QED) is 0.846. The Morgan fingerprint density at radius 3 is 2.71 bits per heavy atom. The largest absolute Gasteiger partial charge is 0.462 e.